The molecule has 55 heavy (non-hydrogen) atoms. The Balaban J connectivity index is 1.42. The summed E-state index contributed by atoms with van der Waals surface area (Å²) in [5.41, 5.74) is 13.1. The lowest BCUT2D eigenvalue weighted by molar-refractivity contribution is 0.589. The maximum Gasteiger partial charge on any atom is 0.166 e. The highest BCUT2D eigenvalue weighted by Crippen LogP contribution is 2.39. The van der Waals surface area contributed by atoms with Gasteiger partial charge in [0.05, 0.1) is 28.4 Å². The quantitative estimate of drug-likeness (QED) is 0.178. The minimum Gasteiger partial charge on any atom is -0.308 e. The number of aromatic nitrogens is 4. The van der Waals surface area contributed by atoms with Gasteiger partial charge in [0, 0.05) is 27.5 Å². The number of aryl methyl sites for hydroxylation is 2. The van der Waals surface area contributed by atoms with E-state index < -0.39 is 0 Å². The summed E-state index contributed by atoms with van der Waals surface area (Å²) in [6, 6.07) is 47.1. The fraction of sp³-hybridized carbons (Fsp3) is 0.200. The van der Waals surface area contributed by atoms with E-state index in [1.807, 2.05) is 24.3 Å². The van der Waals surface area contributed by atoms with Gasteiger partial charge in [-0.05, 0) is 108 Å². The number of nitrogens with zero attached hydrogens (tertiary/aromatic N) is 5. The van der Waals surface area contributed by atoms with Gasteiger partial charge in [0.2, 0.25) is 0 Å². The van der Waals surface area contributed by atoms with E-state index in [1.165, 1.54) is 16.7 Å². The average molecular weight is 716 g/mol. The third kappa shape index (κ3) is 6.81. The van der Waals surface area contributed by atoms with Crippen LogP contribution in [-0.4, -0.2) is 19.5 Å². The second-order valence-electron chi connectivity index (χ2n) is 16.8. The predicted molar refractivity (Wildman–Crippen MR) is 227 cm³/mol. The van der Waals surface area contributed by atoms with Crippen molar-refractivity contribution in [2.75, 3.05) is 0 Å². The molecule has 0 N–H and O–H groups in total. The third-order valence-electron chi connectivity index (χ3n) is 10.4. The summed E-state index contributed by atoms with van der Waals surface area (Å²) in [5.74, 6) is 1.70. The van der Waals surface area contributed by atoms with Crippen LogP contribution in [0.25, 0.3) is 72.8 Å². The van der Waals surface area contributed by atoms with Crippen LogP contribution in [0.1, 0.15) is 69.4 Å². The highest BCUT2D eigenvalue weighted by atomic mass is 15.1. The molecule has 0 aliphatic carbocycles. The van der Waals surface area contributed by atoms with Gasteiger partial charge in [-0.15, -0.1) is 0 Å². The summed E-state index contributed by atoms with van der Waals surface area (Å²) in [4.78, 5) is 15.8. The number of para-hydroxylation sites is 1. The van der Waals surface area contributed by atoms with E-state index in [9.17, 15) is 5.26 Å². The molecule has 0 bridgehead atoms. The molecular weight excluding hydrogens is 671 g/mol. The first-order chi connectivity index (χ1) is 26.3. The van der Waals surface area contributed by atoms with Crippen LogP contribution < -0.4 is 0 Å². The van der Waals surface area contributed by atoms with Crippen LogP contribution in [0.4, 0.5) is 0 Å². The Hall–Kier alpha value is -6.38. The smallest absolute Gasteiger partial charge is 0.166 e. The number of benzene rings is 6. The number of rotatable bonds is 5. The van der Waals surface area contributed by atoms with Crippen molar-refractivity contribution in [3.63, 3.8) is 0 Å². The van der Waals surface area contributed by atoms with Gasteiger partial charge < -0.3 is 4.57 Å². The maximum absolute atomic E-state index is 10.2. The van der Waals surface area contributed by atoms with Gasteiger partial charge in [0.1, 0.15) is 0 Å². The average Bonchev–Trinajstić information content (AvgIpc) is 3.50. The normalized spacial score (nSPS) is 12.0. The maximum atomic E-state index is 10.2. The zero-order valence-electron chi connectivity index (χ0n) is 32.9. The molecule has 5 heteroatoms. The molecule has 2 aromatic heterocycles. The van der Waals surface area contributed by atoms with Crippen LogP contribution in [-0.2, 0) is 10.8 Å². The standard InChI is InChI=1S/C50H45N5/c1-31-22-36(27-38(24-31)49(3,4)5)46-52-47(37-23-32(2)25-39(28-37)50(6,7)8)54-48(53-46)42-26-33(30-51)18-20-45(42)55-43-17-13-12-16-40(43)41-29-35(19-21-44(41)55)34-14-10-9-11-15-34/h9-29H,1-8H3. The van der Waals surface area contributed by atoms with E-state index in [0.717, 1.165) is 60.9 Å². The highest BCUT2D eigenvalue weighted by molar-refractivity contribution is 6.11. The summed E-state index contributed by atoms with van der Waals surface area (Å²) in [7, 11) is 0. The number of fused-ring (bicyclic) bond motifs is 3. The van der Waals surface area contributed by atoms with Crippen molar-refractivity contribution in [1.29, 1.82) is 5.26 Å². The lowest BCUT2D eigenvalue weighted by Crippen LogP contribution is -2.12. The SMILES string of the molecule is Cc1cc(-c2nc(-c3cc(C)cc(C(C)(C)C)c3)nc(-c3cc(C#N)ccc3-n3c4ccccc4c4cc(-c5ccccc5)ccc43)n2)cc(C(C)(C)C)c1. The summed E-state index contributed by atoms with van der Waals surface area (Å²) in [6.07, 6.45) is 0. The molecule has 6 aromatic carbocycles. The predicted octanol–water partition coefficient (Wildman–Crippen LogP) is 12.7. The molecule has 0 saturated carbocycles. The summed E-state index contributed by atoms with van der Waals surface area (Å²) >= 11 is 0. The highest BCUT2D eigenvalue weighted by Gasteiger charge is 2.23. The molecule has 0 saturated heterocycles. The monoisotopic (exact) mass is 715 g/mol. The Morgan fingerprint density at radius 1 is 0.491 bits per heavy atom. The Kier molecular flexibility index (Phi) is 8.74. The molecule has 0 aliphatic heterocycles. The van der Waals surface area contributed by atoms with Gasteiger partial charge >= 0.3 is 0 Å². The number of hydrogen-bond donors (Lipinski definition) is 0. The number of hydrogen-bond acceptors (Lipinski definition) is 4. The van der Waals surface area contributed by atoms with Crippen molar-refractivity contribution >= 4 is 21.8 Å². The van der Waals surface area contributed by atoms with Crippen molar-refractivity contribution in [2.45, 2.75) is 66.2 Å². The van der Waals surface area contributed by atoms with E-state index in [2.05, 4.69) is 169 Å². The van der Waals surface area contributed by atoms with E-state index in [1.54, 1.807) is 0 Å². The Morgan fingerprint density at radius 3 is 1.65 bits per heavy atom. The third-order valence-corrected chi connectivity index (χ3v) is 10.4. The minimum absolute atomic E-state index is 0.0666. The van der Waals surface area contributed by atoms with Crippen LogP contribution >= 0.6 is 0 Å². The summed E-state index contributed by atoms with van der Waals surface area (Å²) < 4.78 is 2.29. The first-order valence-corrected chi connectivity index (χ1v) is 18.9. The Labute approximate surface area is 324 Å². The van der Waals surface area contributed by atoms with Crippen molar-refractivity contribution in [1.82, 2.24) is 19.5 Å². The van der Waals surface area contributed by atoms with E-state index in [0.29, 0.717) is 23.0 Å². The zero-order chi connectivity index (χ0) is 38.6. The van der Waals surface area contributed by atoms with Gasteiger partial charge in [-0.25, -0.2) is 15.0 Å². The van der Waals surface area contributed by atoms with Crippen molar-refractivity contribution in [2.24, 2.45) is 0 Å². The van der Waals surface area contributed by atoms with Crippen LogP contribution in [0.15, 0.2) is 127 Å². The van der Waals surface area contributed by atoms with Gasteiger partial charge in [0.15, 0.2) is 17.5 Å². The zero-order valence-corrected chi connectivity index (χ0v) is 32.9. The second-order valence-corrected chi connectivity index (χ2v) is 16.8. The molecule has 8 aromatic rings. The number of nitriles is 1. The van der Waals surface area contributed by atoms with Gasteiger partial charge in [0.25, 0.3) is 0 Å². The van der Waals surface area contributed by atoms with Crippen molar-refractivity contribution in [3.8, 4) is 57.0 Å². The fourth-order valence-corrected chi connectivity index (χ4v) is 7.47. The minimum atomic E-state index is -0.0666. The van der Waals surface area contributed by atoms with E-state index in [-0.39, 0.29) is 10.8 Å². The summed E-state index contributed by atoms with van der Waals surface area (Å²) in [5, 5.41) is 12.5. The lowest BCUT2D eigenvalue weighted by Gasteiger charge is -2.21. The summed E-state index contributed by atoms with van der Waals surface area (Å²) in [6.45, 7) is 17.6. The Morgan fingerprint density at radius 2 is 1.05 bits per heavy atom. The van der Waals surface area contributed by atoms with Crippen LogP contribution in [0.3, 0.4) is 0 Å². The first kappa shape index (κ1) is 35.6. The fourth-order valence-electron chi connectivity index (χ4n) is 7.47. The molecule has 0 atom stereocenters. The van der Waals surface area contributed by atoms with Crippen molar-refractivity contribution in [3.05, 3.63) is 155 Å². The molecule has 0 amide bonds. The molecule has 2 heterocycles. The molecular formula is C50H45N5. The van der Waals surface area contributed by atoms with E-state index >= 15 is 0 Å². The molecule has 270 valence electrons. The molecule has 8 rings (SSSR count). The molecule has 5 nitrogen and oxygen atoms in total. The molecule has 0 aliphatic rings. The largest absolute Gasteiger partial charge is 0.308 e. The van der Waals surface area contributed by atoms with Crippen LogP contribution in [0.2, 0.25) is 0 Å². The second kappa shape index (κ2) is 13.5. The molecule has 0 fully saturated rings. The molecule has 0 unspecified atom stereocenters. The van der Waals surface area contributed by atoms with Crippen molar-refractivity contribution < 1.29 is 0 Å². The van der Waals surface area contributed by atoms with E-state index in [4.69, 9.17) is 15.0 Å². The lowest BCUT2D eigenvalue weighted by atomic mass is 9.85. The van der Waals surface area contributed by atoms with Crippen LogP contribution in [0, 0.1) is 25.2 Å². The Bertz CT molecular complexity index is 2720. The molecule has 0 radical (unpaired) electrons. The molecule has 0 spiro atoms. The topological polar surface area (TPSA) is 67.4 Å². The first-order valence-electron chi connectivity index (χ1n) is 18.9. The van der Waals surface area contributed by atoms with Gasteiger partial charge in [-0.1, -0.05) is 119 Å². The van der Waals surface area contributed by atoms with Crippen LogP contribution in [0.5, 0.6) is 0 Å². The van der Waals surface area contributed by atoms with Gasteiger partial charge in [-0.2, -0.15) is 5.26 Å². The van der Waals surface area contributed by atoms with Gasteiger partial charge in [-0.3, -0.25) is 0 Å².